The van der Waals surface area contributed by atoms with E-state index in [0.29, 0.717) is 34.6 Å². The van der Waals surface area contributed by atoms with Crippen LogP contribution in [0.1, 0.15) is 21.5 Å². The Bertz CT molecular complexity index is 1460. The number of aliphatic imine (C=N–C) groups is 1. The molecule has 0 aliphatic carbocycles. The summed E-state index contributed by atoms with van der Waals surface area (Å²) in [6, 6.07) is 17.5. The van der Waals surface area contributed by atoms with Crippen molar-refractivity contribution in [2.75, 3.05) is 5.32 Å². The first kappa shape index (κ1) is 21.6. The van der Waals surface area contributed by atoms with Gasteiger partial charge >= 0.3 is 6.18 Å². The maximum atomic E-state index is 14.0. The molecule has 1 aliphatic rings. The number of carbonyl (C=O) groups excluding carboxylic acids is 1. The number of rotatable bonds is 3. The quantitative estimate of drug-likeness (QED) is 0.268. The van der Waals surface area contributed by atoms with Gasteiger partial charge in [-0.3, -0.25) is 15.0 Å². The van der Waals surface area contributed by atoms with Gasteiger partial charge in [-0.05, 0) is 65.2 Å². The number of alkyl halides is 3. The number of nitrogens with zero attached hydrogens (tertiary/aromatic N) is 2. The van der Waals surface area contributed by atoms with Crippen molar-refractivity contribution < 1.29 is 23.2 Å². The van der Waals surface area contributed by atoms with Crippen molar-refractivity contribution in [1.29, 1.82) is 0 Å². The van der Waals surface area contributed by atoms with Crippen LogP contribution in [0, 0.1) is 0 Å². The summed E-state index contributed by atoms with van der Waals surface area (Å²) >= 11 is 0. The van der Waals surface area contributed by atoms with E-state index >= 15 is 0 Å². The first-order valence-electron chi connectivity index (χ1n) is 10.3. The molecule has 170 valence electrons. The molecule has 1 aliphatic heterocycles. The molecule has 0 spiro atoms. The number of anilines is 1. The Morgan fingerprint density at radius 3 is 2.65 bits per heavy atom. The van der Waals surface area contributed by atoms with Gasteiger partial charge in [0.25, 0.3) is 5.91 Å². The second-order valence-electron chi connectivity index (χ2n) is 7.82. The van der Waals surface area contributed by atoms with E-state index < -0.39 is 17.6 Å². The lowest BCUT2D eigenvalue weighted by molar-refractivity contribution is -0.137. The summed E-state index contributed by atoms with van der Waals surface area (Å²) in [6.07, 6.45) is -2.63. The number of fused-ring (bicyclic) bond motifs is 2. The van der Waals surface area contributed by atoms with E-state index in [4.69, 9.17) is 5.21 Å². The topological polar surface area (TPSA) is 86.6 Å². The van der Waals surface area contributed by atoms with Gasteiger partial charge in [0, 0.05) is 29.3 Å². The monoisotopic (exact) mass is 462 g/mol. The summed E-state index contributed by atoms with van der Waals surface area (Å²) in [7, 11) is 0. The van der Waals surface area contributed by atoms with E-state index in [-0.39, 0.29) is 16.8 Å². The zero-order valence-corrected chi connectivity index (χ0v) is 17.5. The van der Waals surface area contributed by atoms with Gasteiger partial charge in [0.1, 0.15) is 5.84 Å². The van der Waals surface area contributed by atoms with Crippen molar-refractivity contribution in [3.63, 3.8) is 0 Å². The number of nitrogens with one attached hydrogen (secondary N) is 2. The van der Waals surface area contributed by atoms with Crippen LogP contribution < -0.4 is 10.8 Å². The van der Waals surface area contributed by atoms with Crippen molar-refractivity contribution in [3.05, 3.63) is 89.6 Å². The average Bonchev–Trinajstić information content (AvgIpc) is 3.23. The van der Waals surface area contributed by atoms with Crippen LogP contribution in [0.25, 0.3) is 22.0 Å². The molecule has 5 rings (SSSR count). The second-order valence-corrected chi connectivity index (χ2v) is 7.82. The van der Waals surface area contributed by atoms with E-state index in [0.717, 1.165) is 11.5 Å². The molecule has 0 unspecified atom stereocenters. The zero-order chi connectivity index (χ0) is 23.9. The third kappa shape index (κ3) is 4.08. The number of hydrogen-bond acceptors (Lipinski definition) is 5. The third-order valence-corrected chi connectivity index (χ3v) is 5.57. The SMILES string of the molecule is O=C(NO)c1cccc(NC2=Nc3cc(C(F)(F)F)c(-c4ccc5ncccc5c4)cc3C2)c1. The number of amides is 1. The Balaban J connectivity index is 1.50. The lowest BCUT2D eigenvalue weighted by atomic mass is 9.94. The minimum absolute atomic E-state index is 0.0788. The maximum Gasteiger partial charge on any atom is 0.417 e. The van der Waals surface area contributed by atoms with Crippen LogP contribution in [0.3, 0.4) is 0 Å². The van der Waals surface area contributed by atoms with Gasteiger partial charge in [-0.15, -0.1) is 0 Å². The number of pyridine rings is 1. The van der Waals surface area contributed by atoms with Crippen LogP contribution in [-0.4, -0.2) is 21.9 Å². The molecule has 3 aromatic carbocycles. The Hall–Kier alpha value is -4.24. The summed E-state index contributed by atoms with van der Waals surface area (Å²) in [5.74, 6) is -0.227. The summed E-state index contributed by atoms with van der Waals surface area (Å²) in [6.45, 7) is 0. The van der Waals surface area contributed by atoms with E-state index in [1.54, 1.807) is 48.1 Å². The van der Waals surface area contributed by atoms with Gasteiger partial charge in [-0.2, -0.15) is 13.2 Å². The van der Waals surface area contributed by atoms with Gasteiger partial charge < -0.3 is 5.32 Å². The zero-order valence-electron chi connectivity index (χ0n) is 17.5. The first-order chi connectivity index (χ1) is 16.3. The predicted molar refractivity (Wildman–Crippen MR) is 122 cm³/mol. The highest BCUT2D eigenvalue weighted by Crippen LogP contribution is 2.43. The fraction of sp³-hybridized carbons (Fsp3) is 0.0800. The summed E-state index contributed by atoms with van der Waals surface area (Å²) in [5.41, 5.74) is 3.66. The Morgan fingerprint density at radius 2 is 1.85 bits per heavy atom. The Labute approximate surface area is 191 Å². The maximum absolute atomic E-state index is 14.0. The lowest BCUT2D eigenvalue weighted by Gasteiger charge is -2.15. The van der Waals surface area contributed by atoms with Crippen molar-refractivity contribution >= 4 is 34.0 Å². The summed E-state index contributed by atoms with van der Waals surface area (Å²) in [5, 5.41) is 12.6. The molecule has 1 aromatic heterocycles. The Morgan fingerprint density at radius 1 is 1.00 bits per heavy atom. The highest BCUT2D eigenvalue weighted by molar-refractivity contribution is 6.03. The van der Waals surface area contributed by atoms with Gasteiger partial charge in [0.2, 0.25) is 0 Å². The minimum Gasteiger partial charge on any atom is -0.343 e. The number of hydrogen-bond donors (Lipinski definition) is 3. The third-order valence-electron chi connectivity index (χ3n) is 5.57. The van der Waals surface area contributed by atoms with Crippen molar-refractivity contribution in [2.45, 2.75) is 12.6 Å². The summed E-state index contributed by atoms with van der Waals surface area (Å²) < 4.78 is 41.9. The van der Waals surface area contributed by atoms with Gasteiger partial charge in [-0.1, -0.05) is 18.2 Å². The van der Waals surface area contributed by atoms with E-state index in [2.05, 4.69) is 15.3 Å². The molecular weight excluding hydrogens is 445 g/mol. The minimum atomic E-state index is -4.56. The van der Waals surface area contributed by atoms with E-state index in [9.17, 15) is 18.0 Å². The molecule has 0 bridgehead atoms. The predicted octanol–water partition coefficient (Wildman–Crippen LogP) is 5.74. The molecule has 34 heavy (non-hydrogen) atoms. The normalized spacial score (nSPS) is 12.9. The van der Waals surface area contributed by atoms with Crippen LogP contribution in [0.15, 0.2) is 77.9 Å². The highest BCUT2D eigenvalue weighted by Gasteiger charge is 2.35. The molecule has 0 atom stereocenters. The Kier molecular flexibility index (Phi) is 5.25. The molecular formula is C25H17F3N4O2. The van der Waals surface area contributed by atoms with Gasteiger partial charge in [-0.25, -0.2) is 10.5 Å². The molecule has 9 heteroatoms. The van der Waals surface area contributed by atoms with Gasteiger partial charge in [0.15, 0.2) is 0 Å². The molecule has 2 heterocycles. The lowest BCUT2D eigenvalue weighted by Crippen LogP contribution is -2.19. The highest BCUT2D eigenvalue weighted by atomic mass is 19.4. The smallest absolute Gasteiger partial charge is 0.343 e. The number of benzene rings is 3. The largest absolute Gasteiger partial charge is 0.417 e. The van der Waals surface area contributed by atoms with Crippen molar-refractivity contribution in [3.8, 4) is 11.1 Å². The number of carbonyl (C=O) groups is 1. The average molecular weight is 462 g/mol. The van der Waals surface area contributed by atoms with Crippen molar-refractivity contribution in [2.24, 2.45) is 4.99 Å². The number of hydroxylamine groups is 1. The number of amidine groups is 1. The molecule has 0 radical (unpaired) electrons. The van der Waals surface area contributed by atoms with Crippen LogP contribution in [0.2, 0.25) is 0 Å². The first-order valence-corrected chi connectivity index (χ1v) is 10.3. The van der Waals surface area contributed by atoms with Crippen LogP contribution >= 0.6 is 0 Å². The fourth-order valence-electron chi connectivity index (χ4n) is 4.00. The second kappa shape index (κ2) is 8.27. The molecule has 4 aromatic rings. The van der Waals surface area contributed by atoms with Crippen LogP contribution in [-0.2, 0) is 12.6 Å². The molecule has 1 amide bonds. The van der Waals surface area contributed by atoms with Gasteiger partial charge in [0.05, 0.1) is 16.8 Å². The molecule has 6 nitrogen and oxygen atoms in total. The van der Waals surface area contributed by atoms with Crippen molar-refractivity contribution in [1.82, 2.24) is 10.5 Å². The van der Waals surface area contributed by atoms with Crippen LogP contribution in [0.5, 0.6) is 0 Å². The molecule has 0 fully saturated rings. The molecule has 0 saturated carbocycles. The number of halogens is 3. The fourth-order valence-corrected chi connectivity index (χ4v) is 4.00. The standard InChI is InChI=1S/C25H17F3N4O2/c26-25(27,28)20-13-22-17(11-19(20)14-6-7-21-15(9-14)4-2-8-29-21)12-23(31-22)30-18-5-1-3-16(10-18)24(33)32-34/h1-11,13,34H,12H2,(H,30,31)(H,32,33). The van der Waals surface area contributed by atoms with Crippen LogP contribution in [0.4, 0.5) is 24.5 Å². The molecule has 3 N–H and O–H groups in total. The number of aromatic nitrogens is 1. The van der Waals surface area contributed by atoms with E-state index in [1.165, 1.54) is 18.2 Å². The van der Waals surface area contributed by atoms with E-state index in [1.807, 2.05) is 6.07 Å². The summed E-state index contributed by atoms with van der Waals surface area (Å²) in [4.78, 5) is 20.2. The molecule has 0 saturated heterocycles.